The lowest BCUT2D eigenvalue weighted by molar-refractivity contribution is 0.183. The number of hydrogen-bond acceptors (Lipinski definition) is 15. The molecule has 24 nitrogen and oxygen atoms in total. The van der Waals surface area contributed by atoms with Gasteiger partial charge in [0, 0.05) is 195 Å². The van der Waals surface area contributed by atoms with E-state index in [1.54, 1.807) is 14.2 Å². The smallest absolute Gasteiger partial charge is 0.134 e. The monoisotopic (exact) mass is 1490 g/mol. The molecule has 12 aromatic heterocycles. The van der Waals surface area contributed by atoms with E-state index in [-0.39, 0.29) is 0 Å². The fourth-order valence-corrected chi connectivity index (χ4v) is 15.7. The van der Waals surface area contributed by atoms with Crippen molar-refractivity contribution < 1.29 is 9.47 Å². The molecular weight excluding hydrogens is 1400 g/mol. The van der Waals surface area contributed by atoms with Crippen LogP contribution in [0, 0.1) is 0 Å². The molecule has 0 bridgehead atoms. The lowest BCUT2D eigenvalue weighted by Gasteiger charge is -2.18. The molecule has 12 heterocycles. The van der Waals surface area contributed by atoms with Crippen molar-refractivity contribution in [2.24, 2.45) is 28.2 Å². The third kappa shape index (κ3) is 16.1. The van der Waals surface area contributed by atoms with Gasteiger partial charge in [-0.1, -0.05) is 72.8 Å². The number of nitrogens with zero attached hydrogens (tertiary/aromatic N) is 22. The Kier molecular flexibility index (Phi) is 21.7. The van der Waals surface area contributed by atoms with Gasteiger partial charge in [0.05, 0.1) is 104 Å². The van der Waals surface area contributed by atoms with Gasteiger partial charge in [-0.05, 0) is 150 Å². The van der Waals surface area contributed by atoms with E-state index in [0.717, 1.165) is 163 Å². The molecule has 0 saturated heterocycles. The van der Waals surface area contributed by atoms with Gasteiger partial charge in [0.1, 0.15) is 17.5 Å². The molecule has 0 radical (unpaired) electrons. The highest BCUT2D eigenvalue weighted by molar-refractivity contribution is 5.87. The molecule has 0 aliphatic heterocycles. The lowest BCUT2D eigenvalue weighted by atomic mass is 9.89. The van der Waals surface area contributed by atoms with Crippen molar-refractivity contribution in [2.45, 2.75) is 111 Å². The average Bonchev–Trinajstić information content (AvgIpc) is 1.61. The van der Waals surface area contributed by atoms with Crippen molar-refractivity contribution in [1.29, 1.82) is 0 Å². The summed E-state index contributed by atoms with van der Waals surface area (Å²) in [6.07, 6.45) is 43.6. The van der Waals surface area contributed by atoms with E-state index in [0.29, 0.717) is 32.5 Å². The number of likely N-dealkylation sites (N-methyl/N-ethyl adjacent to an activating group) is 1. The maximum Gasteiger partial charge on any atom is 0.134 e. The number of aryl methyl sites for hydroxylation is 12. The van der Waals surface area contributed by atoms with Crippen molar-refractivity contribution in [3.05, 3.63) is 263 Å². The van der Waals surface area contributed by atoms with Gasteiger partial charge >= 0.3 is 0 Å². The quantitative estimate of drug-likeness (QED) is 0.0549. The van der Waals surface area contributed by atoms with Gasteiger partial charge in [0.15, 0.2) is 0 Å². The molecule has 0 unspecified atom stereocenters. The number of aromatic nitrogens is 21. The first-order chi connectivity index (χ1) is 54.7. The summed E-state index contributed by atoms with van der Waals surface area (Å²) in [5.74, 6) is 2.48. The van der Waals surface area contributed by atoms with Gasteiger partial charge in [-0.15, -0.1) is 0 Å². The molecule has 0 N–H and O–H groups in total. The van der Waals surface area contributed by atoms with Gasteiger partial charge < -0.3 is 28.1 Å². The van der Waals surface area contributed by atoms with Crippen molar-refractivity contribution in [2.75, 3.05) is 48.1 Å². The molecule has 570 valence electrons. The van der Waals surface area contributed by atoms with Crippen LogP contribution < -0.4 is 0 Å². The molecule has 18 rings (SSSR count). The molecule has 0 fully saturated rings. The SMILES string of the molecule is CCn1cc(Cc2ncc3c(n2)-c2c(cn(C)c2-c2ccc(-c4cnn(CCOC)c4)cc2)CC3)cn1.CCn1ccc(Cc2ncc3c(n2)-c2c(cn(C)c2Cc2cccc(-c4cnn(CCOC)c4)c2)CC3)n1.CN(C)CCn1cc(Cc2ncc3c(n2)-c2c(cn(C)c2-c2ccc(-c4cnn(C)c4)cc2)CC3)cn1. The number of rotatable bonds is 24. The van der Waals surface area contributed by atoms with Crippen molar-refractivity contribution >= 4 is 0 Å². The first-order valence-corrected chi connectivity index (χ1v) is 38.8. The summed E-state index contributed by atoms with van der Waals surface area (Å²) in [5, 5.41) is 26.8. The van der Waals surface area contributed by atoms with Crippen molar-refractivity contribution in [3.63, 3.8) is 0 Å². The van der Waals surface area contributed by atoms with E-state index < -0.39 is 0 Å². The van der Waals surface area contributed by atoms with Gasteiger partial charge in [-0.25, -0.2) is 29.9 Å². The summed E-state index contributed by atoms with van der Waals surface area (Å²) in [7, 11) is 15.9. The number of hydrogen-bond donors (Lipinski definition) is 0. The standard InChI is InChI=1S/C30H33N7O.C29H32N8.C29H31N7O/c1-4-36-11-10-26(34-36)16-28-31-17-23-8-9-24-19-35(2)27(29(24)30(23)33-28)15-21-6-5-7-22(14-21)25-18-32-37(20-25)12-13-38-3;1-34(2)11-12-37-17-20(14-32-37)13-26-30-15-23-9-10-24-18-35(3)29(27(24)28(23)33-26)22-7-5-21(6-8-22)25-16-31-36(4)19-25;1-4-35-17-20(14-31-35)13-26-30-15-23-9-10-24-18-34(2)29(27(24)28(23)33-26)22-7-5-21(6-8-22)25-16-32-36(19-25)11-12-37-3/h5-7,10-11,14,17-20H,4,8-9,12-13,15-16H2,1-3H3;5-8,14-19H,9-13H2,1-4H3;5-8,14-19H,4,9-13H2,1-3H3. The molecule has 0 saturated carbocycles. The van der Waals surface area contributed by atoms with Crippen LogP contribution in [0.2, 0.25) is 0 Å². The second-order valence-electron chi connectivity index (χ2n) is 29.8. The van der Waals surface area contributed by atoms with Crippen LogP contribution in [0.1, 0.15) is 92.8 Å². The Morgan fingerprint density at radius 1 is 0.384 bits per heavy atom. The van der Waals surface area contributed by atoms with Crippen molar-refractivity contribution in [1.82, 2.24) is 107 Å². The fraction of sp³-hybridized carbons (Fsp3) is 0.318. The Balaban J connectivity index is 0.000000127. The molecular formula is C88H96N22O2. The second kappa shape index (κ2) is 32.8. The predicted molar refractivity (Wildman–Crippen MR) is 435 cm³/mol. The minimum absolute atomic E-state index is 0.637. The first-order valence-electron chi connectivity index (χ1n) is 38.8. The summed E-state index contributed by atoms with van der Waals surface area (Å²) < 4.78 is 28.7. The van der Waals surface area contributed by atoms with Crippen molar-refractivity contribution in [3.8, 4) is 89.7 Å². The molecule has 3 aromatic carbocycles. The molecule has 0 spiro atoms. The summed E-state index contributed by atoms with van der Waals surface area (Å²) in [6.45, 7) is 10.5. The number of ether oxygens (including phenoxy) is 2. The third-order valence-corrected chi connectivity index (χ3v) is 21.5. The Hall–Kier alpha value is -12.1. The van der Waals surface area contributed by atoms with E-state index in [1.165, 1.54) is 89.4 Å². The first kappa shape index (κ1) is 74.0. The molecule has 112 heavy (non-hydrogen) atoms. The molecule has 0 amide bonds. The molecule has 24 heteroatoms. The van der Waals surface area contributed by atoms with E-state index in [4.69, 9.17) is 39.4 Å². The minimum Gasteiger partial charge on any atom is -0.383 e. The van der Waals surface area contributed by atoms with Crippen LogP contribution in [0.4, 0.5) is 0 Å². The van der Waals surface area contributed by atoms with Crippen LogP contribution in [0.3, 0.4) is 0 Å². The normalized spacial score (nSPS) is 12.6. The summed E-state index contributed by atoms with van der Waals surface area (Å²) in [4.78, 5) is 31.6. The minimum atomic E-state index is 0.637. The number of benzene rings is 3. The Bertz CT molecular complexity index is 5790. The average molecular weight is 1490 g/mol. The highest BCUT2D eigenvalue weighted by Crippen LogP contribution is 2.44. The van der Waals surface area contributed by atoms with Crippen LogP contribution in [0.15, 0.2) is 184 Å². The zero-order valence-electron chi connectivity index (χ0n) is 65.7. The second-order valence-corrected chi connectivity index (χ2v) is 29.8. The van der Waals surface area contributed by atoms with E-state index in [2.05, 4.69) is 221 Å². The van der Waals surface area contributed by atoms with Crippen LogP contribution in [-0.4, -0.2) is 155 Å². The summed E-state index contributed by atoms with van der Waals surface area (Å²) in [6, 6.07) is 28.3. The van der Waals surface area contributed by atoms with Gasteiger partial charge in [-0.3, -0.25) is 28.1 Å². The van der Waals surface area contributed by atoms with E-state index >= 15 is 0 Å². The zero-order chi connectivity index (χ0) is 76.9. The Labute approximate surface area is 653 Å². The molecule has 0 atom stereocenters. The van der Waals surface area contributed by atoms with E-state index in [1.807, 2.05) is 97.1 Å². The van der Waals surface area contributed by atoms with Gasteiger partial charge in [0.2, 0.25) is 0 Å². The molecule has 3 aliphatic carbocycles. The summed E-state index contributed by atoms with van der Waals surface area (Å²) in [5.41, 5.74) is 32.1. The highest BCUT2D eigenvalue weighted by Gasteiger charge is 2.30. The van der Waals surface area contributed by atoms with Crippen LogP contribution in [-0.2, 0) is 135 Å². The van der Waals surface area contributed by atoms with Crippen LogP contribution in [0.5, 0.6) is 0 Å². The van der Waals surface area contributed by atoms with Crippen LogP contribution in [0.25, 0.3) is 89.7 Å². The Morgan fingerprint density at radius 2 is 0.839 bits per heavy atom. The lowest BCUT2D eigenvalue weighted by Crippen LogP contribution is -2.18. The largest absolute Gasteiger partial charge is 0.383 e. The number of methoxy groups -OCH3 is 2. The predicted octanol–water partition coefficient (Wildman–Crippen LogP) is 13.1. The maximum absolute atomic E-state index is 5.19. The summed E-state index contributed by atoms with van der Waals surface area (Å²) >= 11 is 0. The van der Waals surface area contributed by atoms with Gasteiger partial charge in [-0.2, -0.15) is 30.6 Å². The maximum atomic E-state index is 5.19. The third-order valence-electron chi connectivity index (χ3n) is 21.5. The van der Waals surface area contributed by atoms with E-state index in [9.17, 15) is 0 Å². The Morgan fingerprint density at radius 3 is 1.35 bits per heavy atom. The number of fused-ring (bicyclic) bond motifs is 9. The zero-order valence-corrected chi connectivity index (χ0v) is 65.7. The van der Waals surface area contributed by atoms with Crippen LogP contribution >= 0.6 is 0 Å². The highest BCUT2D eigenvalue weighted by atomic mass is 16.5. The molecule has 3 aliphatic rings. The molecule has 15 aromatic rings. The fourth-order valence-electron chi connectivity index (χ4n) is 15.7. The van der Waals surface area contributed by atoms with Gasteiger partial charge in [0.25, 0.3) is 0 Å². The topological polar surface area (TPSA) is 221 Å².